The highest BCUT2D eigenvalue weighted by Gasteiger charge is 2.34. The number of hydrogen-bond donors (Lipinski definition) is 0. The van der Waals surface area contributed by atoms with Gasteiger partial charge in [0.1, 0.15) is 5.52 Å². The normalized spacial score (nSPS) is 13.6. The van der Waals surface area contributed by atoms with Crippen LogP contribution in [0, 0.1) is 0 Å². The van der Waals surface area contributed by atoms with Crippen molar-refractivity contribution in [1.82, 2.24) is 24.6 Å². The summed E-state index contributed by atoms with van der Waals surface area (Å²) in [4.78, 5) is 24.0. The summed E-state index contributed by atoms with van der Waals surface area (Å²) < 4.78 is 1.84. The quantitative estimate of drug-likeness (QED) is 0.539. The Morgan fingerprint density at radius 1 is 1.04 bits per heavy atom. The molecule has 0 aliphatic heterocycles. The maximum Gasteiger partial charge on any atom is 0.256 e. The second-order valence-electron chi connectivity index (χ2n) is 7.02. The first kappa shape index (κ1) is 16.6. The van der Waals surface area contributed by atoms with Crippen LogP contribution in [0.15, 0.2) is 73.3 Å². The van der Waals surface area contributed by atoms with E-state index >= 15 is 0 Å². The smallest absolute Gasteiger partial charge is 0.256 e. The van der Waals surface area contributed by atoms with Gasteiger partial charge in [-0.15, -0.1) is 0 Å². The highest BCUT2D eigenvalue weighted by atomic mass is 16.2. The zero-order valence-corrected chi connectivity index (χ0v) is 15.3. The fourth-order valence-corrected chi connectivity index (χ4v) is 3.43. The Balaban J connectivity index is 1.44. The van der Waals surface area contributed by atoms with Gasteiger partial charge in [0, 0.05) is 36.7 Å². The molecule has 2 aromatic heterocycles. The van der Waals surface area contributed by atoms with Crippen molar-refractivity contribution < 1.29 is 4.79 Å². The molecule has 1 fully saturated rings. The van der Waals surface area contributed by atoms with Crippen LogP contribution >= 0.6 is 0 Å². The van der Waals surface area contributed by atoms with Crippen LogP contribution in [0.5, 0.6) is 0 Å². The number of benzene rings is 2. The van der Waals surface area contributed by atoms with Crippen molar-refractivity contribution in [2.75, 3.05) is 0 Å². The number of carbonyl (C=O) groups excluding carboxylic acids is 1. The van der Waals surface area contributed by atoms with Gasteiger partial charge in [-0.3, -0.25) is 14.8 Å². The Kier molecular flexibility index (Phi) is 4.09. The van der Waals surface area contributed by atoms with E-state index in [0.29, 0.717) is 17.6 Å². The third-order valence-corrected chi connectivity index (χ3v) is 4.99. The third kappa shape index (κ3) is 3.13. The van der Waals surface area contributed by atoms with Crippen molar-refractivity contribution in [3.63, 3.8) is 0 Å². The number of hydrogen-bond acceptors (Lipinski definition) is 4. The minimum Gasteiger partial charge on any atom is -0.331 e. The van der Waals surface area contributed by atoms with Crippen molar-refractivity contribution in [1.29, 1.82) is 0 Å². The SMILES string of the molecule is O=C(c1cccc2nccnc12)N(Cc1cnn(-c2ccccc2)c1)C1CC1. The average molecular weight is 369 g/mol. The standard InChI is InChI=1S/C22H19N5O/c28-22(19-7-4-8-20-21(19)24-12-11-23-20)26(17-9-10-17)14-16-13-25-27(15-16)18-5-2-1-3-6-18/h1-8,11-13,15,17H,9-10,14H2. The van der Waals surface area contributed by atoms with Gasteiger partial charge in [-0.2, -0.15) is 5.10 Å². The van der Waals surface area contributed by atoms with Gasteiger partial charge >= 0.3 is 0 Å². The van der Waals surface area contributed by atoms with Gasteiger partial charge in [0.15, 0.2) is 0 Å². The Morgan fingerprint density at radius 2 is 1.86 bits per heavy atom. The molecule has 0 N–H and O–H groups in total. The molecule has 1 amide bonds. The molecule has 4 aromatic rings. The molecule has 2 heterocycles. The molecule has 5 rings (SSSR count). The molecular formula is C22H19N5O. The summed E-state index contributed by atoms with van der Waals surface area (Å²) in [6.07, 6.45) is 9.17. The van der Waals surface area contributed by atoms with Crippen LogP contribution in [0.2, 0.25) is 0 Å². The molecular weight excluding hydrogens is 350 g/mol. The minimum atomic E-state index is 0.000983. The number of nitrogens with zero attached hydrogens (tertiary/aromatic N) is 5. The number of fused-ring (bicyclic) bond motifs is 1. The molecule has 1 aliphatic carbocycles. The predicted molar refractivity (Wildman–Crippen MR) is 106 cm³/mol. The molecule has 1 aliphatic rings. The Labute approximate surface area is 162 Å². The van der Waals surface area contributed by atoms with Crippen LogP contribution in [0.3, 0.4) is 0 Å². The van der Waals surface area contributed by atoms with E-state index in [4.69, 9.17) is 0 Å². The van der Waals surface area contributed by atoms with Crippen molar-refractivity contribution in [3.05, 3.63) is 84.4 Å². The highest BCUT2D eigenvalue weighted by Crippen LogP contribution is 2.31. The molecule has 0 atom stereocenters. The topological polar surface area (TPSA) is 63.9 Å². The lowest BCUT2D eigenvalue weighted by atomic mass is 10.1. The van der Waals surface area contributed by atoms with Crippen LogP contribution in [0.1, 0.15) is 28.8 Å². The number of carbonyl (C=O) groups is 1. The first-order valence-corrected chi connectivity index (χ1v) is 9.39. The van der Waals surface area contributed by atoms with E-state index < -0.39 is 0 Å². The number of para-hydroxylation sites is 2. The fraction of sp³-hybridized carbons (Fsp3) is 0.182. The van der Waals surface area contributed by atoms with Crippen molar-refractivity contribution in [2.45, 2.75) is 25.4 Å². The second-order valence-corrected chi connectivity index (χ2v) is 7.02. The van der Waals surface area contributed by atoms with Gasteiger partial charge < -0.3 is 4.90 Å². The lowest BCUT2D eigenvalue weighted by molar-refractivity contribution is 0.0731. The van der Waals surface area contributed by atoms with E-state index in [1.165, 1.54) is 0 Å². The van der Waals surface area contributed by atoms with E-state index in [0.717, 1.165) is 29.6 Å². The maximum atomic E-state index is 13.4. The Morgan fingerprint density at radius 3 is 2.68 bits per heavy atom. The van der Waals surface area contributed by atoms with Gasteiger partial charge in [-0.1, -0.05) is 24.3 Å². The zero-order valence-electron chi connectivity index (χ0n) is 15.3. The van der Waals surface area contributed by atoms with Crippen LogP contribution in [0.25, 0.3) is 16.7 Å². The van der Waals surface area contributed by atoms with Gasteiger partial charge in [-0.25, -0.2) is 4.68 Å². The third-order valence-electron chi connectivity index (χ3n) is 4.99. The summed E-state index contributed by atoms with van der Waals surface area (Å²) in [5, 5.41) is 4.46. The maximum absolute atomic E-state index is 13.4. The molecule has 0 bridgehead atoms. The Hall–Kier alpha value is -3.54. The first-order chi connectivity index (χ1) is 13.8. The predicted octanol–water partition coefficient (Wildman–Crippen LogP) is 3.62. The highest BCUT2D eigenvalue weighted by molar-refractivity contribution is 6.04. The summed E-state index contributed by atoms with van der Waals surface area (Å²) >= 11 is 0. The first-order valence-electron chi connectivity index (χ1n) is 9.39. The molecule has 2 aromatic carbocycles. The van der Waals surface area contributed by atoms with Crippen LogP contribution < -0.4 is 0 Å². The van der Waals surface area contributed by atoms with Gasteiger partial charge in [0.2, 0.25) is 0 Å². The molecule has 0 saturated heterocycles. The second kappa shape index (κ2) is 6.88. The summed E-state index contributed by atoms with van der Waals surface area (Å²) in [7, 11) is 0. The van der Waals surface area contributed by atoms with Gasteiger partial charge in [-0.05, 0) is 37.1 Å². The summed E-state index contributed by atoms with van der Waals surface area (Å²) in [6, 6.07) is 15.8. The summed E-state index contributed by atoms with van der Waals surface area (Å²) in [5.74, 6) is 0.000983. The molecule has 0 radical (unpaired) electrons. The minimum absolute atomic E-state index is 0.000983. The van der Waals surface area contributed by atoms with Crippen molar-refractivity contribution >= 4 is 16.9 Å². The largest absolute Gasteiger partial charge is 0.331 e. The number of amides is 1. The number of aromatic nitrogens is 4. The lowest BCUT2D eigenvalue weighted by Crippen LogP contribution is -2.32. The molecule has 138 valence electrons. The summed E-state index contributed by atoms with van der Waals surface area (Å²) in [5.41, 5.74) is 4.01. The molecule has 0 spiro atoms. The van der Waals surface area contributed by atoms with Crippen LogP contribution in [-0.4, -0.2) is 36.6 Å². The van der Waals surface area contributed by atoms with E-state index in [-0.39, 0.29) is 11.9 Å². The lowest BCUT2D eigenvalue weighted by Gasteiger charge is -2.22. The Bertz CT molecular complexity index is 1130. The zero-order chi connectivity index (χ0) is 18.9. The van der Waals surface area contributed by atoms with Crippen LogP contribution in [-0.2, 0) is 6.54 Å². The average Bonchev–Trinajstić information content (AvgIpc) is 3.49. The molecule has 6 nitrogen and oxygen atoms in total. The van der Waals surface area contributed by atoms with E-state index in [2.05, 4.69) is 15.1 Å². The molecule has 28 heavy (non-hydrogen) atoms. The fourth-order valence-electron chi connectivity index (χ4n) is 3.43. The molecule has 0 unspecified atom stereocenters. The number of rotatable bonds is 5. The van der Waals surface area contributed by atoms with Crippen LogP contribution in [0.4, 0.5) is 0 Å². The van der Waals surface area contributed by atoms with E-state index in [1.807, 2.05) is 70.5 Å². The molecule has 1 saturated carbocycles. The monoisotopic (exact) mass is 369 g/mol. The summed E-state index contributed by atoms with van der Waals surface area (Å²) in [6.45, 7) is 0.535. The molecule has 6 heteroatoms. The van der Waals surface area contributed by atoms with Crippen molar-refractivity contribution in [2.24, 2.45) is 0 Å². The van der Waals surface area contributed by atoms with Gasteiger partial charge in [0.25, 0.3) is 5.91 Å². The van der Waals surface area contributed by atoms with E-state index in [1.54, 1.807) is 12.4 Å². The van der Waals surface area contributed by atoms with Gasteiger partial charge in [0.05, 0.1) is 23.0 Å². The van der Waals surface area contributed by atoms with E-state index in [9.17, 15) is 4.79 Å². The van der Waals surface area contributed by atoms with Crippen molar-refractivity contribution in [3.8, 4) is 5.69 Å².